The number of aryl methyl sites for hydroxylation is 1. The minimum Gasteiger partial charge on any atom is -0.469 e. The predicted octanol–water partition coefficient (Wildman–Crippen LogP) is 2.93. The summed E-state index contributed by atoms with van der Waals surface area (Å²) >= 11 is 0. The number of esters is 2. The third-order valence-corrected chi connectivity index (χ3v) is 5.46. The van der Waals surface area contributed by atoms with E-state index in [0.29, 0.717) is 24.2 Å². The first kappa shape index (κ1) is 22.8. The normalized spacial score (nSPS) is 10.8. The molecule has 0 saturated carbocycles. The maximum absolute atomic E-state index is 12.6. The molecule has 34 heavy (non-hydrogen) atoms. The molecule has 0 bridgehead atoms. The summed E-state index contributed by atoms with van der Waals surface area (Å²) in [5.74, 6) is -0.327. The van der Waals surface area contributed by atoms with E-state index < -0.39 is 5.97 Å². The van der Waals surface area contributed by atoms with Gasteiger partial charge in [-0.25, -0.2) is 9.48 Å². The lowest BCUT2D eigenvalue weighted by Crippen LogP contribution is -2.10. The number of hydrogen-bond donors (Lipinski definition) is 0. The first-order valence-electron chi connectivity index (χ1n) is 10.7. The molecule has 0 saturated heterocycles. The number of carbonyl (C=O) groups excluding carboxylic acids is 2. The van der Waals surface area contributed by atoms with E-state index in [4.69, 9.17) is 9.47 Å². The molecular formula is C24H24N6O4. The van der Waals surface area contributed by atoms with E-state index in [-0.39, 0.29) is 12.6 Å². The van der Waals surface area contributed by atoms with Crippen LogP contribution in [-0.2, 0) is 27.3 Å². The monoisotopic (exact) mass is 460 g/mol. The summed E-state index contributed by atoms with van der Waals surface area (Å²) in [5.41, 5.74) is 4.76. The Labute approximate surface area is 196 Å². The molecule has 2 heterocycles. The highest BCUT2D eigenvalue weighted by atomic mass is 16.5. The van der Waals surface area contributed by atoms with Crippen LogP contribution in [0.5, 0.6) is 0 Å². The summed E-state index contributed by atoms with van der Waals surface area (Å²) in [5, 5.41) is 16.2. The van der Waals surface area contributed by atoms with E-state index in [1.165, 1.54) is 11.8 Å². The maximum Gasteiger partial charge on any atom is 0.338 e. The molecule has 4 aromatic rings. The lowest BCUT2D eigenvalue weighted by molar-refractivity contribution is -0.140. The standard InChI is InChI=1S/C24H24N6O4/c1-16-21(13-14-23(31)33-3)17(2)29(26-16)20-11-9-18(10-12-20)24(32)34-15-22-25-27-28-30(22)19-7-5-4-6-8-19/h4-12H,13-15H2,1-3H3. The number of nitrogens with zero attached hydrogens (tertiary/aromatic N) is 6. The fourth-order valence-corrected chi connectivity index (χ4v) is 3.63. The average Bonchev–Trinajstić information content (AvgIpc) is 3.45. The molecule has 0 spiro atoms. The van der Waals surface area contributed by atoms with Gasteiger partial charge in [-0.1, -0.05) is 18.2 Å². The summed E-state index contributed by atoms with van der Waals surface area (Å²) in [6.45, 7) is 3.79. The van der Waals surface area contributed by atoms with Crippen LogP contribution < -0.4 is 0 Å². The van der Waals surface area contributed by atoms with Gasteiger partial charge >= 0.3 is 11.9 Å². The number of methoxy groups -OCH3 is 1. The summed E-state index contributed by atoms with van der Waals surface area (Å²) < 4.78 is 13.5. The fourth-order valence-electron chi connectivity index (χ4n) is 3.63. The molecule has 0 aliphatic carbocycles. The summed E-state index contributed by atoms with van der Waals surface area (Å²) in [6, 6.07) is 16.3. The zero-order chi connectivity index (χ0) is 24.1. The van der Waals surface area contributed by atoms with Crippen LogP contribution in [0.1, 0.15) is 39.6 Å². The van der Waals surface area contributed by atoms with Gasteiger partial charge in [0, 0.05) is 12.1 Å². The Morgan fingerprint density at radius 1 is 0.941 bits per heavy atom. The first-order chi connectivity index (χ1) is 16.5. The number of para-hydroxylation sites is 1. The van der Waals surface area contributed by atoms with Crippen molar-refractivity contribution in [2.75, 3.05) is 7.11 Å². The van der Waals surface area contributed by atoms with E-state index in [2.05, 4.69) is 20.6 Å². The highest BCUT2D eigenvalue weighted by Crippen LogP contribution is 2.20. The number of aromatic nitrogens is 6. The van der Waals surface area contributed by atoms with Crippen LogP contribution >= 0.6 is 0 Å². The van der Waals surface area contributed by atoms with Crippen molar-refractivity contribution in [1.82, 2.24) is 30.0 Å². The summed E-state index contributed by atoms with van der Waals surface area (Å²) in [4.78, 5) is 24.1. The van der Waals surface area contributed by atoms with Crippen molar-refractivity contribution in [2.45, 2.75) is 33.3 Å². The topological polar surface area (TPSA) is 114 Å². The van der Waals surface area contributed by atoms with Crippen LogP contribution in [-0.4, -0.2) is 49.0 Å². The van der Waals surface area contributed by atoms with E-state index in [0.717, 1.165) is 28.3 Å². The van der Waals surface area contributed by atoms with Gasteiger partial charge in [0.1, 0.15) is 0 Å². The van der Waals surface area contributed by atoms with E-state index in [1.54, 1.807) is 28.9 Å². The highest BCUT2D eigenvalue weighted by Gasteiger charge is 2.16. The Morgan fingerprint density at radius 3 is 2.35 bits per heavy atom. The second-order valence-electron chi connectivity index (χ2n) is 7.60. The molecule has 10 heteroatoms. The molecule has 0 radical (unpaired) electrons. The Morgan fingerprint density at radius 2 is 1.65 bits per heavy atom. The van der Waals surface area contributed by atoms with Crippen molar-refractivity contribution in [3.63, 3.8) is 0 Å². The molecule has 0 fully saturated rings. The zero-order valence-electron chi connectivity index (χ0n) is 19.1. The third-order valence-electron chi connectivity index (χ3n) is 5.46. The SMILES string of the molecule is COC(=O)CCc1c(C)nn(-c2ccc(C(=O)OCc3nnnn3-c3ccccc3)cc2)c1C. The Hall–Kier alpha value is -4.34. The molecule has 0 aliphatic rings. The van der Waals surface area contributed by atoms with Gasteiger partial charge in [0.15, 0.2) is 12.4 Å². The number of tetrazole rings is 1. The van der Waals surface area contributed by atoms with Crippen molar-refractivity contribution in [1.29, 1.82) is 0 Å². The Balaban J connectivity index is 1.43. The molecule has 0 aliphatic heterocycles. The van der Waals surface area contributed by atoms with Gasteiger partial charge in [-0.05, 0) is 72.7 Å². The molecule has 0 N–H and O–H groups in total. The molecule has 174 valence electrons. The Bertz CT molecular complexity index is 1300. The second-order valence-corrected chi connectivity index (χ2v) is 7.60. The number of hydrogen-bond acceptors (Lipinski definition) is 8. The maximum atomic E-state index is 12.6. The smallest absolute Gasteiger partial charge is 0.338 e. The first-order valence-corrected chi connectivity index (χ1v) is 10.7. The van der Waals surface area contributed by atoms with Gasteiger partial charge in [0.2, 0.25) is 0 Å². The largest absolute Gasteiger partial charge is 0.469 e. The molecular weight excluding hydrogens is 436 g/mol. The summed E-state index contributed by atoms with van der Waals surface area (Å²) in [7, 11) is 1.38. The minimum atomic E-state index is -0.485. The van der Waals surface area contributed by atoms with Crippen molar-refractivity contribution < 1.29 is 19.1 Å². The van der Waals surface area contributed by atoms with Crippen LogP contribution in [0.25, 0.3) is 11.4 Å². The van der Waals surface area contributed by atoms with E-state index >= 15 is 0 Å². The average molecular weight is 460 g/mol. The molecule has 2 aromatic carbocycles. The zero-order valence-corrected chi connectivity index (χ0v) is 19.1. The fraction of sp³-hybridized carbons (Fsp3) is 0.250. The predicted molar refractivity (Wildman–Crippen MR) is 122 cm³/mol. The van der Waals surface area contributed by atoms with Gasteiger partial charge in [-0.2, -0.15) is 9.78 Å². The number of carbonyl (C=O) groups is 2. The highest BCUT2D eigenvalue weighted by molar-refractivity contribution is 5.89. The van der Waals surface area contributed by atoms with Crippen LogP contribution in [0.4, 0.5) is 0 Å². The van der Waals surface area contributed by atoms with Crippen LogP contribution in [0.2, 0.25) is 0 Å². The number of rotatable bonds is 8. The van der Waals surface area contributed by atoms with Gasteiger partial charge in [-0.3, -0.25) is 4.79 Å². The molecule has 0 amide bonds. The summed E-state index contributed by atoms with van der Waals surface area (Å²) in [6.07, 6.45) is 0.847. The van der Waals surface area contributed by atoms with Crippen molar-refractivity contribution in [3.8, 4) is 11.4 Å². The van der Waals surface area contributed by atoms with E-state index in [1.807, 2.05) is 44.2 Å². The van der Waals surface area contributed by atoms with Crippen molar-refractivity contribution >= 4 is 11.9 Å². The van der Waals surface area contributed by atoms with Gasteiger partial charge in [0.25, 0.3) is 0 Å². The minimum absolute atomic E-state index is 0.0660. The Kier molecular flexibility index (Phi) is 6.77. The number of benzene rings is 2. The molecule has 4 rings (SSSR count). The van der Waals surface area contributed by atoms with Gasteiger partial charge in [-0.15, -0.1) is 5.10 Å². The molecule has 0 unspecified atom stereocenters. The molecule has 2 aromatic heterocycles. The lowest BCUT2D eigenvalue weighted by atomic mass is 10.1. The molecule has 10 nitrogen and oxygen atoms in total. The van der Waals surface area contributed by atoms with Gasteiger partial charge in [0.05, 0.1) is 29.7 Å². The second kappa shape index (κ2) is 10.1. The van der Waals surface area contributed by atoms with Crippen LogP contribution in [0.15, 0.2) is 54.6 Å². The van der Waals surface area contributed by atoms with E-state index in [9.17, 15) is 9.59 Å². The number of ether oxygens (including phenoxy) is 2. The third kappa shape index (κ3) is 4.85. The lowest BCUT2D eigenvalue weighted by Gasteiger charge is -2.08. The quantitative estimate of drug-likeness (QED) is 0.369. The van der Waals surface area contributed by atoms with Crippen molar-refractivity contribution in [2.24, 2.45) is 0 Å². The van der Waals surface area contributed by atoms with Crippen LogP contribution in [0.3, 0.4) is 0 Å². The van der Waals surface area contributed by atoms with Gasteiger partial charge < -0.3 is 9.47 Å². The molecule has 0 atom stereocenters. The van der Waals surface area contributed by atoms with Crippen molar-refractivity contribution in [3.05, 3.63) is 82.9 Å². The van der Waals surface area contributed by atoms with Crippen LogP contribution in [0, 0.1) is 13.8 Å².